The number of nitrogens with zero attached hydrogens (tertiary/aromatic N) is 4. The van der Waals surface area contributed by atoms with Crippen LogP contribution in [0.4, 0.5) is 4.79 Å². The molecule has 2 aliphatic rings. The van der Waals surface area contributed by atoms with Crippen LogP contribution in [0.3, 0.4) is 0 Å². The summed E-state index contributed by atoms with van der Waals surface area (Å²) in [6.45, 7) is 2.61. The summed E-state index contributed by atoms with van der Waals surface area (Å²) in [6, 6.07) is -0.569. The fourth-order valence-electron chi connectivity index (χ4n) is 3.99. The number of likely N-dealkylation sites (tertiary alicyclic amines) is 1. The van der Waals surface area contributed by atoms with Gasteiger partial charge in [-0.05, 0) is 44.4 Å². The number of aromatic nitrogens is 4. The lowest BCUT2D eigenvalue weighted by Gasteiger charge is -2.44. The number of piperidine rings is 1. The maximum Gasteiger partial charge on any atom is 0.410 e. The molecule has 1 aliphatic carbocycles. The number of rotatable bonds is 4. The van der Waals surface area contributed by atoms with Crippen molar-refractivity contribution in [2.75, 3.05) is 20.3 Å². The highest BCUT2D eigenvalue weighted by molar-refractivity contribution is 5.81. The number of tetrazole rings is 1. The average Bonchev–Trinajstić information content (AvgIpc) is 3.18. The largest absolute Gasteiger partial charge is 0.464 e. The van der Waals surface area contributed by atoms with Gasteiger partial charge in [-0.25, -0.2) is 9.59 Å². The van der Waals surface area contributed by atoms with Gasteiger partial charge in [0.15, 0.2) is 5.82 Å². The quantitative estimate of drug-likeness (QED) is 0.637. The van der Waals surface area contributed by atoms with Gasteiger partial charge < -0.3 is 9.47 Å². The lowest BCUT2D eigenvalue weighted by Crippen LogP contribution is -2.54. The number of allylic oxidation sites excluding steroid dienone is 2. The molecule has 1 aromatic heterocycles. The zero-order valence-corrected chi connectivity index (χ0v) is 15.2. The van der Waals surface area contributed by atoms with E-state index in [0.29, 0.717) is 43.7 Å². The second kappa shape index (κ2) is 8.29. The Kier molecular flexibility index (Phi) is 5.85. The van der Waals surface area contributed by atoms with Gasteiger partial charge in [0, 0.05) is 13.0 Å². The summed E-state index contributed by atoms with van der Waals surface area (Å²) in [5.74, 6) is 1.06. The number of esters is 1. The number of ether oxygens (including phenoxy) is 2. The minimum absolute atomic E-state index is 0.300. The Labute approximate surface area is 152 Å². The first-order valence-corrected chi connectivity index (χ1v) is 9.03. The van der Waals surface area contributed by atoms with Crippen LogP contribution in [0.1, 0.15) is 38.4 Å². The predicted molar refractivity (Wildman–Crippen MR) is 90.9 cm³/mol. The first kappa shape index (κ1) is 18.3. The summed E-state index contributed by atoms with van der Waals surface area (Å²) in [7, 11) is 1.34. The zero-order valence-electron chi connectivity index (χ0n) is 15.2. The number of carbonyl (C=O) groups is 2. The predicted octanol–water partition coefficient (Wildman–Crippen LogP) is 1.49. The van der Waals surface area contributed by atoms with E-state index in [-0.39, 0.29) is 5.97 Å². The molecule has 3 atom stereocenters. The van der Waals surface area contributed by atoms with Crippen LogP contribution < -0.4 is 0 Å². The number of hydrogen-bond acceptors (Lipinski definition) is 7. The summed E-state index contributed by atoms with van der Waals surface area (Å²) in [4.78, 5) is 26.0. The van der Waals surface area contributed by atoms with Crippen LogP contribution >= 0.6 is 0 Å². The highest BCUT2D eigenvalue weighted by atomic mass is 16.6. The van der Waals surface area contributed by atoms with Crippen molar-refractivity contribution < 1.29 is 19.1 Å². The Morgan fingerprint density at radius 2 is 2.23 bits per heavy atom. The van der Waals surface area contributed by atoms with Crippen LogP contribution in [-0.2, 0) is 20.7 Å². The second-order valence-electron chi connectivity index (χ2n) is 6.78. The number of aromatic amines is 1. The van der Waals surface area contributed by atoms with E-state index in [2.05, 4.69) is 26.7 Å². The summed E-state index contributed by atoms with van der Waals surface area (Å²) >= 11 is 0. The summed E-state index contributed by atoms with van der Waals surface area (Å²) in [6.07, 6.45) is 5.86. The normalized spacial score (nSPS) is 27.1. The highest BCUT2D eigenvalue weighted by Crippen LogP contribution is 2.41. The van der Waals surface area contributed by atoms with E-state index in [1.807, 2.05) is 0 Å². The van der Waals surface area contributed by atoms with E-state index >= 15 is 0 Å². The Bertz CT molecular complexity index is 660. The molecule has 0 aromatic carbocycles. The number of methoxy groups -OCH3 is 1. The number of hydrogen-bond donors (Lipinski definition) is 1. The first-order valence-electron chi connectivity index (χ1n) is 9.03. The molecule has 9 nitrogen and oxygen atoms in total. The maximum atomic E-state index is 12.4. The topological polar surface area (TPSA) is 110 Å². The fourth-order valence-corrected chi connectivity index (χ4v) is 3.99. The second-order valence-corrected chi connectivity index (χ2v) is 6.78. The minimum atomic E-state index is -0.569. The number of fused-ring (bicyclic) bond motifs is 1. The molecule has 0 bridgehead atoms. The van der Waals surface area contributed by atoms with Crippen molar-refractivity contribution in [3.05, 3.63) is 17.5 Å². The lowest BCUT2D eigenvalue weighted by atomic mass is 9.71. The molecular formula is C17H25N5O4. The Balaban J connectivity index is 1.68. The molecule has 1 amide bonds. The fraction of sp³-hybridized carbons (Fsp3) is 0.706. The molecule has 2 fully saturated rings. The summed E-state index contributed by atoms with van der Waals surface area (Å²) < 4.78 is 10.1. The molecule has 1 N–H and O–H groups in total. The van der Waals surface area contributed by atoms with Gasteiger partial charge in [-0.3, -0.25) is 4.90 Å². The molecule has 1 aliphatic heterocycles. The Hall–Kier alpha value is -2.45. The highest BCUT2D eigenvalue weighted by Gasteiger charge is 2.43. The molecule has 3 rings (SSSR count). The maximum absolute atomic E-state index is 12.4. The molecule has 9 heteroatoms. The van der Waals surface area contributed by atoms with Crippen molar-refractivity contribution in [3.63, 3.8) is 0 Å². The van der Waals surface area contributed by atoms with Crippen molar-refractivity contribution in [1.82, 2.24) is 25.5 Å². The first-order chi connectivity index (χ1) is 12.6. The smallest absolute Gasteiger partial charge is 0.410 e. The van der Waals surface area contributed by atoms with E-state index in [9.17, 15) is 9.59 Å². The Morgan fingerprint density at radius 3 is 2.92 bits per heavy atom. The summed E-state index contributed by atoms with van der Waals surface area (Å²) in [5, 5.41) is 13.9. The van der Waals surface area contributed by atoms with Gasteiger partial charge in [-0.1, -0.05) is 16.9 Å². The molecule has 26 heavy (non-hydrogen) atoms. The van der Waals surface area contributed by atoms with Crippen molar-refractivity contribution in [3.8, 4) is 0 Å². The summed E-state index contributed by atoms with van der Waals surface area (Å²) in [5.41, 5.74) is 1.35. The van der Waals surface area contributed by atoms with E-state index < -0.39 is 12.1 Å². The van der Waals surface area contributed by atoms with Gasteiger partial charge in [0.2, 0.25) is 0 Å². The monoisotopic (exact) mass is 363 g/mol. The lowest BCUT2D eigenvalue weighted by molar-refractivity contribution is -0.152. The number of carbonyl (C=O) groups excluding carboxylic acids is 2. The molecule has 142 valence electrons. The van der Waals surface area contributed by atoms with Crippen LogP contribution in [0.5, 0.6) is 0 Å². The molecule has 0 radical (unpaired) electrons. The van der Waals surface area contributed by atoms with Gasteiger partial charge in [-0.15, -0.1) is 10.2 Å². The van der Waals surface area contributed by atoms with Crippen molar-refractivity contribution >= 4 is 12.1 Å². The molecule has 0 spiro atoms. The standard InChI is InChI=1S/C17H25N5O4/c1-3-26-16(23)14-9-13-8-11(5-7-15-18-20-21-19-15)4-6-12(13)10-22(14)17(24)25-2/h5,12-14H,3-4,6-10H2,1-2H3,(H,18,19,20,21)/b11-5+/t12-,13-,14-/m0/s1. The van der Waals surface area contributed by atoms with Crippen LogP contribution in [0.15, 0.2) is 11.6 Å². The van der Waals surface area contributed by atoms with Crippen molar-refractivity contribution in [2.45, 2.75) is 45.1 Å². The molecule has 1 saturated heterocycles. The van der Waals surface area contributed by atoms with Crippen LogP contribution in [0.2, 0.25) is 0 Å². The Morgan fingerprint density at radius 1 is 1.38 bits per heavy atom. The molecule has 1 saturated carbocycles. The third-order valence-electron chi connectivity index (χ3n) is 5.29. The number of nitrogens with one attached hydrogen (secondary N) is 1. The van der Waals surface area contributed by atoms with E-state index in [1.54, 1.807) is 6.92 Å². The molecule has 1 aromatic rings. The zero-order chi connectivity index (χ0) is 18.5. The van der Waals surface area contributed by atoms with E-state index in [0.717, 1.165) is 19.3 Å². The van der Waals surface area contributed by atoms with Crippen LogP contribution in [0.25, 0.3) is 0 Å². The van der Waals surface area contributed by atoms with Gasteiger partial charge >= 0.3 is 12.1 Å². The van der Waals surface area contributed by atoms with Crippen molar-refractivity contribution in [2.24, 2.45) is 11.8 Å². The van der Waals surface area contributed by atoms with Crippen LogP contribution in [0, 0.1) is 11.8 Å². The number of H-pyrrole nitrogens is 1. The molecule has 2 heterocycles. The number of amides is 1. The van der Waals surface area contributed by atoms with Gasteiger partial charge in [-0.2, -0.15) is 5.21 Å². The SMILES string of the molecule is CCOC(=O)[C@@H]1C[C@@H]2C/C(=C/Cc3nn[nH]n3)CC[C@H]2CN1C(=O)OC. The van der Waals surface area contributed by atoms with Crippen LogP contribution in [-0.4, -0.2) is 63.9 Å². The van der Waals surface area contributed by atoms with Gasteiger partial charge in [0.25, 0.3) is 0 Å². The average molecular weight is 363 g/mol. The third kappa shape index (κ3) is 4.03. The van der Waals surface area contributed by atoms with Gasteiger partial charge in [0.05, 0.1) is 13.7 Å². The third-order valence-corrected chi connectivity index (χ3v) is 5.29. The van der Waals surface area contributed by atoms with E-state index in [1.165, 1.54) is 17.6 Å². The minimum Gasteiger partial charge on any atom is -0.464 e. The van der Waals surface area contributed by atoms with Gasteiger partial charge in [0.1, 0.15) is 6.04 Å². The molecule has 0 unspecified atom stereocenters. The van der Waals surface area contributed by atoms with Crippen molar-refractivity contribution in [1.29, 1.82) is 0 Å². The van der Waals surface area contributed by atoms with E-state index in [4.69, 9.17) is 9.47 Å². The molecular weight excluding hydrogens is 338 g/mol.